The average Bonchev–Trinajstić information content (AvgIpc) is 2.30. The fourth-order valence-electron chi connectivity index (χ4n) is 1.47. The number of hydrogen-bond donors (Lipinski definition) is 2. The zero-order valence-electron chi connectivity index (χ0n) is 9.36. The molecule has 0 aliphatic carbocycles. The maximum absolute atomic E-state index is 9.19. The molecule has 3 N–H and O–H groups in total. The van der Waals surface area contributed by atoms with Crippen LogP contribution in [0.5, 0.6) is 11.5 Å². The van der Waals surface area contributed by atoms with E-state index in [1.54, 1.807) is 24.3 Å². The number of ether oxygens (including phenoxy) is 1. The van der Waals surface area contributed by atoms with Crippen molar-refractivity contribution >= 4 is 37.5 Å². The van der Waals surface area contributed by atoms with Crippen LogP contribution < -0.4 is 10.5 Å². The first kappa shape index (κ1) is 13.2. The van der Waals surface area contributed by atoms with Crippen LogP contribution in [0.4, 0.5) is 5.69 Å². The van der Waals surface area contributed by atoms with Gasteiger partial charge in [-0.15, -0.1) is 0 Å². The highest BCUT2D eigenvalue weighted by atomic mass is 79.9. The van der Waals surface area contributed by atoms with Gasteiger partial charge < -0.3 is 15.6 Å². The summed E-state index contributed by atoms with van der Waals surface area (Å²) in [4.78, 5) is 0. The Labute approximate surface area is 122 Å². The Hall–Kier alpha value is -1.20. The summed E-state index contributed by atoms with van der Waals surface area (Å²) in [5.41, 5.74) is 7.34. The number of hydrogen-bond acceptors (Lipinski definition) is 3. The number of nitrogen functional groups attached to an aromatic ring is 1. The minimum Gasteiger partial charge on any atom is -0.508 e. The number of phenolic OH excluding ortho intramolecular Hbond substituents is 1. The quantitative estimate of drug-likeness (QED) is 0.798. The standard InChI is InChI=1S/C13H11Br2NO2/c14-11-5-9(16)6-12(15)13(11)18-7-8-1-3-10(17)4-2-8/h1-6,17H,7,16H2. The van der Waals surface area contributed by atoms with Gasteiger partial charge in [-0.05, 0) is 61.7 Å². The van der Waals surface area contributed by atoms with E-state index in [4.69, 9.17) is 10.5 Å². The number of aromatic hydroxyl groups is 1. The van der Waals surface area contributed by atoms with Crippen LogP contribution >= 0.6 is 31.9 Å². The summed E-state index contributed by atoms with van der Waals surface area (Å²) >= 11 is 6.82. The topological polar surface area (TPSA) is 55.5 Å². The summed E-state index contributed by atoms with van der Waals surface area (Å²) in [7, 11) is 0. The van der Waals surface area contributed by atoms with Gasteiger partial charge in [0.05, 0.1) is 8.95 Å². The van der Waals surface area contributed by atoms with E-state index in [0.717, 1.165) is 14.5 Å². The molecule has 0 spiro atoms. The lowest BCUT2D eigenvalue weighted by atomic mass is 10.2. The zero-order chi connectivity index (χ0) is 13.1. The van der Waals surface area contributed by atoms with Gasteiger partial charge in [-0.25, -0.2) is 0 Å². The van der Waals surface area contributed by atoms with Crippen LogP contribution in [0.3, 0.4) is 0 Å². The molecule has 0 aromatic heterocycles. The molecule has 0 saturated heterocycles. The monoisotopic (exact) mass is 371 g/mol. The molecule has 0 saturated carbocycles. The summed E-state index contributed by atoms with van der Waals surface area (Å²) in [5, 5.41) is 9.19. The molecule has 2 aromatic rings. The van der Waals surface area contributed by atoms with E-state index in [-0.39, 0.29) is 5.75 Å². The summed E-state index contributed by atoms with van der Waals surface area (Å²) in [6.07, 6.45) is 0. The van der Waals surface area contributed by atoms with Crippen molar-refractivity contribution in [3.8, 4) is 11.5 Å². The average molecular weight is 373 g/mol. The van der Waals surface area contributed by atoms with Crippen LogP contribution in [0.2, 0.25) is 0 Å². The third-order valence-corrected chi connectivity index (χ3v) is 3.52. The van der Waals surface area contributed by atoms with Crippen LogP contribution in [-0.4, -0.2) is 5.11 Å². The molecule has 2 rings (SSSR count). The lowest BCUT2D eigenvalue weighted by Gasteiger charge is -2.11. The van der Waals surface area contributed by atoms with Gasteiger partial charge in [-0.3, -0.25) is 0 Å². The summed E-state index contributed by atoms with van der Waals surface area (Å²) in [6, 6.07) is 10.5. The van der Waals surface area contributed by atoms with Crippen LogP contribution in [-0.2, 0) is 6.61 Å². The van der Waals surface area contributed by atoms with Gasteiger partial charge in [0, 0.05) is 5.69 Å². The largest absolute Gasteiger partial charge is 0.508 e. The van der Waals surface area contributed by atoms with Gasteiger partial charge >= 0.3 is 0 Å². The number of phenols is 1. The highest BCUT2D eigenvalue weighted by Crippen LogP contribution is 2.36. The molecule has 5 heteroatoms. The smallest absolute Gasteiger partial charge is 0.148 e. The number of anilines is 1. The molecular formula is C13H11Br2NO2. The highest BCUT2D eigenvalue weighted by molar-refractivity contribution is 9.11. The summed E-state index contributed by atoms with van der Waals surface area (Å²) in [5.74, 6) is 0.950. The third-order valence-electron chi connectivity index (χ3n) is 2.34. The van der Waals surface area contributed by atoms with Crippen LogP contribution in [0.15, 0.2) is 45.3 Å². The van der Waals surface area contributed by atoms with Gasteiger partial charge in [-0.1, -0.05) is 12.1 Å². The maximum Gasteiger partial charge on any atom is 0.148 e. The second-order valence-corrected chi connectivity index (χ2v) is 5.48. The van der Waals surface area contributed by atoms with Gasteiger partial charge in [-0.2, -0.15) is 0 Å². The van der Waals surface area contributed by atoms with Gasteiger partial charge in [0.25, 0.3) is 0 Å². The van der Waals surface area contributed by atoms with E-state index in [1.165, 1.54) is 0 Å². The van der Waals surface area contributed by atoms with E-state index >= 15 is 0 Å². The van der Waals surface area contributed by atoms with Crippen LogP contribution in [0.1, 0.15) is 5.56 Å². The Morgan fingerprint density at radius 1 is 1.06 bits per heavy atom. The van der Waals surface area contributed by atoms with Crippen molar-refractivity contribution < 1.29 is 9.84 Å². The minimum atomic E-state index is 0.244. The van der Waals surface area contributed by atoms with Gasteiger partial charge in [0.2, 0.25) is 0 Å². The van der Waals surface area contributed by atoms with Crippen molar-refractivity contribution in [2.24, 2.45) is 0 Å². The fraction of sp³-hybridized carbons (Fsp3) is 0.0769. The predicted molar refractivity (Wildman–Crippen MR) is 78.7 cm³/mol. The highest BCUT2D eigenvalue weighted by Gasteiger charge is 2.08. The van der Waals surface area contributed by atoms with Gasteiger partial charge in [0.1, 0.15) is 18.1 Å². The van der Waals surface area contributed by atoms with E-state index < -0.39 is 0 Å². The first-order valence-electron chi connectivity index (χ1n) is 5.21. The molecule has 0 unspecified atom stereocenters. The SMILES string of the molecule is Nc1cc(Br)c(OCc2ccc(O)cc2)c(Br)c1. The lowest BCUT2D eigenvalue weighted by Crippen LogP contribution is -1.97. The molecule has 0 aliphatic heterocycles. The number of rotatable bonds is 3. The molecule has 94 valence electrons. The van der Waals surface area contributed by atoms with Gasteiger partial charge in [0.15, 0.2) is 0 Å². The normalized spacial score (nSPS) is 10.3. The number of benzene rings is 2. The molecule has 0 atom stereocenters. The summed E-state index contributed by atoms with van der Waals surface area (Å²) < 4.78 is 7.32. The Morgan fingerprint density at radius 3 is 2.17 bits per heavy atom. The molecule has 0 radical (unpaired) electrons. The van der Waals surface area contributed by atoms with E-state index in [9.17, 15) is 5.11 Å². The van der Waals surface area contributed by atoms with Crippen molar-refractivity contribution in [3.63, 3.8) is 0 Å². The molecule has 18 heavy (non-hydrogen) atoms. The van der Waals surface area contributed by atoms with E-state index in [0.29, 0.717) is 18.0 Å². The Morgan fingerprint density at radius 2 is 1.61 bits per heavy atom. The van der Waals surface area contributed by atoms with E-state index in [2.05, 4.69) is 31.9 Å². The second kappa shape index (κ2) is 5.63. The molecule has 0 aliphatic rings. The van der Waals surface area contributed by atoms with Crippen molar-refractivity contribution in [3.05, 3.63) is 50.9 Å². The molecule has 0 heterocycles. The Bertz CT molecular complexity index is 532. The molecule has 0 amide bonds. The van der Waals surface area contributed by atoms with Crippen LogP contribution in [0, 0.1) is 0 Å². The summed E-state index contributed by atoms with van der Waals surface area (Å²) in [6.45, 7) is 0.418. The van der Waals surface area contributed by atoms with Crippen molar-refractivity contribution in [1.29, 1.82) is 0 Å². The lowest BCUT2D eigenvalue weighted by molar-refractivity contribution is 0.302. The predicted octanol–water partition coefficient (Wildman–Crippen LogP) is 4.08. The third kappa shape index (κ3) is 3.17. The number of halogens is 2. The second-order valence-electron chi connectivity index (χ2n) is 3.77. The Balaban J connectivity index is 2.13. The van der Waals surface area contributed by atoms with Crippen molar-refractivity contribution in [2.45, 2.75) is 6.61 Å². The fourth-order valence-corrected chi connectivity index (χ4v) is 2.92. The molecule has 2 aromatic carbocycles. The number of nitrogens with two attached hydrogens (primary N) is 1. The molecule has 3 nitrogen and oxygen atoms in total. The van der Waals surface area contributed by atoms with Crippen LogP contribution in [0.25, 0.3) is 0 Å². The first-order valence-corrected chi connectivity index (χ1v) is 6.80. The maximum atomic E-state index is 9.19. The molecular weight excluding hydrogens is 362 g/mol. The molecule has 0 fully saturated rings. The minimum absolute atomic E-state index is 0.244. The zero-order valence-corrected chi connectivity index (χ0v) is 12.5. The van der Waals surface area contributed by atoms with Crippen molar-refractivity contribution in [1.82, 2.24) is 0 Å². The Kier molecular flexibility index (Phi) is 4.14. The van der Waals surface area contributed by atoms with Crippen molar-refractivity contribution in [2.75, 3.05) is 5.73 Å². The van der Waals surface area contributed by atoms with E-state index in [1.807, 2.05) is 12.1 Å². The molecule has 0 bridgehead atoms. The first-order chi connectivity index (χ1) is 8.56.